The van der Waals surface area contributed by atoms with Gasteiger partial charge in [-0.3, -0.25) is 33.9 Å². The van der Waals surface area contributed by atoms with E-state index in [1.165, 1.54) is 5.56 Å². The molecular formula is C51H65N11O5. The van der Waals surface area contributed by atoms with Gasteiger partial charge in [0.15, 0.2) is 5.69 Å². The lowest BCUT2D eigenvalue weighted by molar-refractivity contribution is -0.133. The van der Waals surface area contributed by atoms with Gasteiger partial charge in [-0.15, -0.1) is 0 Å². The summed E-state index contributed by atoms with van der Waals surface area (Å²) in [6.07, 6.45) is 12.6. The maximum atomic E-state index is 13.4. The number of aromatic amines is 1. The van der Waals surface area contributed by atoms with Crippen molar-refractivity contribution in [2.24, 2.45) is 5.92 Å². The van der Waals surface area contributed by atoms with Gasteiger partial charge in [0.25, 0.3) is 17.4 Å². The third-order valence-electron chi connectivity index (χ3n) is 12.8. The predicted molar refractivity (Wildman–Crippen MR) is 262 cm³/mol. The van der Waals surface area contributed by atoms with Gasteiger partial charge < -0.3 is 36.1 Å². The second-order valence-corrected chi connectivity index (χ2v) is 17.7. The first-order valence-electron chi connectivity index (χ1n) is 23.9. The number of H-pyrrole nitrogens is 1. The number of nitrogens with zero attached hydrogens (tertiary/aromatic N) is 6. The minimum atomic E-state index is -0.355. The summed E-state index contributed by atoms with van der Waals surface area (Å²) in [5.74, 6) is -0.537. The van der Waals surface area contributed by atoms with E-state index in [2.05, 4.69) is 70.1 Å². The monoisotopic (exact) mass is 912 g/mol. The molecule has 1 atom stereocenters. The van der Waals surface area contributed by atoms with Crippen LogP contribution >= 0.6 is 0 Å². The van der Waals surface area contributed by atoms with Gasteiger partial charge in [-0.05, 0) is 91.6 Å². The Labute approximate surface area is 392 Å². The van der Waals surface area contributed by atoms with Crippen molar-refractivity contribution in [2.45, 2.75) is 78.2 Å². The molecule has 16 nitrogen and oxygen atoms in total. The summed E-state index contributed by atoms with van der Waals surface area (Å²) in [6, 6.07) is 17.6. The van der Waals surface area contributed by atoms with E-state index in [4.69, 9.17) is 0 Å². The zero-order chi connectivity index (χ0) is 47.1. The third kappa shape index (κ3) is 13.5. The number of fused-ring (bicyclic) bond motifs is 1. The molecule has 2 saturated heterocycles. The summed E-state index contributed by atoms with van der Waals surface area (Å²) in [5, 5.41) is 12.1. The number of pyridine rings is 4. The van der Waals surface area contributed by atoms with E-state index in [0.717, 1.165) is 117 Å². The van der Waals surface area contributed by atoms with Crippen LogP contribution in [0, 0.1) is 5.92 Å². The van der Waals surface area contributed by atoms with Crippen LogP contribution < -0.4 is 31.7 Å². The van der Waals surface area contributed by atoms with Gasteiger partial charge in [-0.25, -0.2) is 9.97 Å². The number of nitrogens with one attached hydrogen (secondary N) is 5. The van der Waals surface area contributed by atoms with E-state index in [1.54, 1.807) is 29.4 Å². The number of aromatic nitrogens is 4. The summed E-state index contributed by atoms with van der Waals surface area (Å²) in [7, 11) is 1.81. The van der Waals surface area contributed by atoms with E-state index < -0.39 is 0 Å². The molecule has 7 rings (SSSR count). The Kier molecular flexibility index (Phi) is 17.2. The normalized spacial score (nSPS) is 15.4. The van der Waals surface area contributed by atoms with Crippen molar-refractivity contribution in [3.8, 4) is 11.1 Å². The average molecular weight is 912 g/mol. The highest BCUT2D eigenvalue weighted by Crippen LogP contribution is 2.26. The molecule has 1 unspecified atom stereocenters. The van der Waals surface area contributed by atoms with Crippen LogP contribution in [0.5, 0.6) is 0 Å². The molecule has 5 aromatic rings. The highest BCUT2D eigenvalue weighted by Gasteiger charge is 2.24. The number of unbranched alkanes of at least 4 members (excludes halogenated alkanes) is 4. The molecule has 4 amide bonds. The lowest BCUT2D eigenvalue weighted by Gasteiger charge is -2.36. The van der Waals surface area contributed by atoms with Gasteiger partial charge in [0, 0.05) is 89.3 Å². The third-order valence-corrected chi connectivity index (χ3v) is 12.8. The molecule has 4 aromatic heterocycles. The molecular weight excluding hydrogens is 847 g/mol. The number of rotatable bonds is 21. The van der Waals surface area contributed by atoms with E-state index in [1.807, 2.05) is 50.5 Å². The number of hydrogen-bond donors (Lipinski definition) is 5. The number of amides is 4. The summed E-state index contributed by atoms with van der Waals surface area (Å²) in [4.78, 5) is 86.8. The number of carbonyl (C=O) groups excluding carboxylic acids is 4. The van der Waals surface area contributed by atoms with E-state index in [-0.39, 0.29) is 47.3 Å². The number of piperazine rings is 1. The highest BCUT2D eigenvalue weighted by molar-refractivity contribution is 6.03. The lowest BCUT2D eigenvalue weighted by Crippen LogP contribution is -2.46. The zero-order valence-corrected chi connectivity index (χ0v) is 39.2. The summed E-state index contributed by atoms with van der Waals surface area (Å²) in [6.45, 7) is 10.6. The average Bonchev–Trinajstić information content (AvgIpc) is 3.34. The zero-order valence-electron chi connectivity index (χ0n) is 39.2. The minimum Gasteiger partial charge on any atom is -0.368 e. The van der Waals surface area contributed by atoms with Crippen LogP contribution in [0.1, 0.15) is 96.5 Å². The molecule has 0 saturated carbocycles. The van der Waals surface area contributed by atoms with Crippen molar-refractivity contribution >= 4 is 46.0 Å². The van der Waals surface area contributed by atoms with Gasteiger partial charge >= 0.3 is 0 Å². The van der Waals surface area contributed by atoms with Crippen molar-refractivity contribution in [3.05, 3.63) is 112 Å². The highest BCUT2D eigenvalue weighted by atomic mass is 16.2. The molecule has 354 valence electrons. The quantitative estimate of drug-likeness (QED) is 0.0597. The summed E-state index contributed by atoms with van der Waals surface area (Å²) in [5.41, 5.74) is 8.12. The summed E-state index contributed by atoms with van der Waals surface area (Å²) < 4.78 is 0. The van der Waals surface area contributed by atoms with Crippen LogP contribution in [-0.4, -0.2) is 119 Å². The van der Waals surface area contributed by atoms with Crippen molar-refractivity contribution in [3.63, 3.8) is 0 Å². The number of hydrogen-bond acceptors (Lipinski definition) is 11. The first-order chi connectivity index (χ1) is 32.6. The van der Waals surface area contributed by atoms with Gasteiger partial charge in [0.05, 0.1) is 35.1 Å². The van der Waals surface area contributed by atoms with Crippen LogP contribution in [0.25, 0.3) is 22.2 Å². The van der Waals surface area contributed by atoms with Crippen LogP contribution in [0.3, 0.4) is 0 Å². The lowest BCUT2D eigenvalue weighted by atomic mass is 9.96. The number of anilines is 2. The first-order valence-corrected chi connectivity index (χ1v) is 23.9. The van der Waals surface area contributed by atoms with Gasteiger partial charge in [0.2, 0.25) is 11.8 Å². The largest absolute Gasteiger partial charge is 0.368 e. The molecule has 2 aliphatic heterocycles. The smallest absolute Gasteiger partial charge is 0.272 e. The molecule has 0 aliphatic carbocycles. The Bertz CT molecular complexity index is 2560. The fourth-order valence-corrected chi connectivity index (χ4v) is 8.64. The minimum absolute atomic E-state index is 0.0461. The molecule has 6 heterocycles. The van der Waals surface area contributed by atoms with Crippen molar-refractivity contribution in [2.75, 3.05) is 76.2 Å². The van der Waals surface area contributed by atoms with Gasteiger partial charge in [-0.2, -0.15) is 0 Å². The van der Waals surface area contributed by atoms with Crippen LogP contribution in [-0.2, 0) is 29.0 Å². The number of likely N-dealkylation sites (tertiary alicyclic amines) is 1. The van der Waals surface area contributed by atoms with Crippen molar-refractivity contribution < 1.29 is 19.2 Å². The van der Waals surface area contributed by atoms with Crippen molar-refractivity contribution in [1.29, 1.82) is 0 Å². The van der Waals surface area contributed by atoms with Crippen LogP contribution in [0.4, 0.5) is 11.4 Å². The number of piperidine rings is 1. The van der Waals surface area contributed by atoms with Crippen LogP contribution in [0.15, 0.2) is 78.0 Å². The van der Waals surface area contributed by atoms with E-state index in [9.17, 15) is 24.0 Å². The Morgan fingerprint density at radius 3 is 2.27 bits per heavy atom. The van der Waals surface area contributed by atoms with Crippen molar-refractivity contribution in [1.82, 2.24) is 45.7 Å². The fourth-order valence-electron chi connectivity index (χ4n) is 8.64. The first kappa shape index (κ1) is 48.4. The van der Waals surface area contributed by atoms with E-state index >= 15 is 0 Å². The summed E-state index contributed by atoms with van der Waals surface area (Å²) >= 11 is 0. The topological polar surface area (TPSA) is 198 Å². The maximum absolute atomic E-state index is 13.4. The molecule has 2 fully saturated rings. The van der Waals surface area contributed by atoms with Crippen LogP contribution in [0.2, 0.25) is 0 Å². The van der Waals surface area contributed by atoms with Gasteiger partial charge in [0.1, 0.15) is 5.69 Å². The SMILES string of the molecule is CCc1cccc(-c2cnc(C(=O)NCCCCCCCNC(=O)c3ccc(N4CCN(Cc5cnc6cc(CC)c(=O)[nH]c6c5)CC4)cn3)c(NC(=O)CNCC3CCN(C)C(=O)C3)c2)c1. The Morgan fingerprint density at radius 1 is 0.761 bits per heavy atom. The molecule has 5 N–H and O–H groups in total. The maximum Gasteiger partial charge on any atom is 0.272 e. The number of carbonyl (C=O) groups is 4. The Hall–Kier alpha value is -6.52. The second-order valence-electron chi connectivity index (χ2n) is 17.7. The molecule has 0 spiro atoms. The molecule has 1 aromatic carbocycles. The standard InChI is InChI=1S/C51H65N11O5/c1-4-35-12-11-13-39(24-35)40-28-45(58-46(63)33-52-29-36-16-19-60(3)47(64)26-36)48(57-31-40)51(67)54-18-10-8-6-7-9-17-53-50(66)42-15-14-41(32-56-42)62-22-20-61(21-23-62)34-37-25-44-43(55-30-37)27-38(5-2)49(65)59-44/h11-15,24-25,27-28,30-32,36,52H,4-10,16-23,26,29,33-34H2,1-3H3,(H,53,66)(H,54,67)(H,58,63)(H,59,65). The molecule has 67 heavy (non-hydrogen) atoms. The van der Waals surface area contributed by atoms with E-state index in [0.29, 0.717) is 50.4 Å². The Morgan fingerprint density at radius 2 is 1.54 bits per heavy atom. The second kappa shape index (κ2) is 23.8. The van der Waals surface area contributed by atoms with Gasteiger partial charge in [-0.1, -0.05) is 57.4 Å². The number of aryl methyl sites for hydroxylation is 2. The molecule has 0 radical (unpaired) electrons. The Balaban J connectivity index is 0.788. The molecule has 16 heteroatoms. The predicted octanol–water partition coefficient (Wildman–Crippen LogP) is 5.33. The molecule has 2 aliphatic rings. The fraction of sp³-hybridized carbons (Fsp3) is 0.451. The molecule has 0 bridgehead atoms. The number of benzene rings is 1.